The van der Waals surface area contributed by atoms with Crippen LogP contribution in [0.3, 0.4) is 0 Å². The summed E-state index contributed by atoms with van der Waals surface area (Å²) in [5.41, 5.74) is 3.04. The fourth-order valence-corrected chi connectivity index (χ4v) is 4.03. The summed E-state index contributed by atoms with van der Waals surface area (Å²) in [6, 6.07) is 17.4. The molecule has 1 saturated heterocycles. The third-order valence-electron chi connectivity index (χ3n) is 5.67. The zero-order chi connectivity index (χ0) is 23.9. The highest BCUT2D eigenvalue weighted by atomic mass is 19.1. The van der Waals surface area contributed by atoms with E-state index in [1.54, 1.807) is 24.3 Å². The van der Waals surface area contributed by atoms with Gasteiger partial charge in [0.25, 0.3) is 0 Å². The smallest absolute Gasteiger partial charge is 0.229 e. The van der Waals surface area contributed by atoms with Crippen LogP contribution in [0.5, 0.6) is 0 Å². The van der Waals surface area contributed by atoms with Crippen LogP contribution in [0.25, 0.3) is 0 Å². The minimum atomic E-state index is -0.311. The van der Waals surface area contributed by atoms with Crippen molar-refractivity contribution in [2.75, 3.05) is 23.3 Å². The summed E-state index contributed by atoms with van der Waals surface area (Å²) in [5, 5.41) is 15.5. The second-order valence-corrected chi connectivity index (χ2v) is 8.41. The Balaban J connectivity index is 1.43. The second kappa shape index (κ2) is 10.8. The Morgan fingerprint density at radius 1 is 1.21 bits per heavy atom. The number of nitrogens with one attached hydrogen (secondary N) is 2. The van der Waals surface area contributed by atoms with Crippen LogP contribution in [0.15, 0.2) is 54.6 Å². The van der Waals surface area contributed by atoms with E-state index in [4.69, 9.17) is 10.2 Å². The lowest BCUT2D eigenvalue weighted by Crippen LogP contribution is -2.38. The van der Waals surface area contributed by atoms with Gasteiger partial charge in [0, 0.05) is 36.6 Å². The Bertz CT molecular complexity index is 1190. The molecule has 0 aliphatic carbocycles. The number of rotatable bonds is 8. The maximum atomic E-state index is 13.1. The predicted octanol–water partition coefficient (Wildman–Crippen LogP) is 4.12. The minimum absolute atomic E-state index is 0.0151. The number of hydrogen-bond acceptors (Lipinski definition) is 6. The molecular weight excluding hydrogens is 431 g/mol. The second-order valence-electron chi connectivity index (χ2n) is 8.41. The van der Waals surface area contributed by atoms with Gasteiger partial charge in [-0.25, -0.2) is 9.37 Å². The lowest BCUT2D eigenvalue weighted by molar-refractivity contribution is -0.121. The van der Waals surface area contributed by atoms with Crippen LogP contribution in [0.2, 0.25) is 0 Å². The highest BCUT2D eigenvalue weighted by Crippen LogP contribution is 2.23. The van der Waals surface area contributed by atoms with Crippen molar-refractivity contribution in [3.05, 3.63) is 77.2 Å². The van der Waals surface area contributed by atoms with E-state index in [2.05, 4.69) is 33.5 Å². The molecule has 174 valence electrons. The quantitative estimate of drug-likeness (QED) is 0.527. The molecule has 1 aliphatic heterocycles. The number of anilines is 3. The van der Waals surface area contributed by atoms with Crippen molar-refractivity contribution in [1.29, 1.82) is 5.26 Å². The van der Waals surface area contributed by atoms with E-state index in [-0.39, 0.29) is 24.2 Å². The monoisotopic (exact) mass is 458 g/mol. The van der Waals surface area contributed by atoms with Gasteiger partial charge in [-0.15, -0.1) is 0 Å². The third-order valence-corrected chi connectivity index (χ3v) is 5.67. The van der Waals surface area contributed by atoms with Crippen LogP contribution in [-0.2, 0) is 17.6 Å². The van der Waals surface area contributed by atoms with Crippen molar-refractivity contribution >= 4 is 23.4 Å². The van der Waals surface area contributed by atoms with Crippen molar-refractivity contribution < 1.29 is 9.18 Å². The molecule has 8 heteroatoms. The van der Waals surface area contributed by atoms with E-state index in [1.165, 1.54) is 12.1 Å². The Morgan fingerprint density at radius 2 is 2.03 bits per heavy atom. The molecule has 2 heterocycles. The van der Waals surface area contributed by atoms with Gasteiger partial charge in [0.1, 0.15) is 11.6 Å². The highest BCUT2D eigenvalue weighted by Gasteiger charge is 2.25. The number of hydrogen-bond donors (Lipinski definition) is 2. The van der Waals surface area contributed by atoms with Crippen LogP contribution in [0, 0.1) is 17.1 Å². The maximum absolute atomic E-state index is 13.1. The molecule has 2 N–H and O–H groups in total. The zero-order valence-electron chi connectivity index (χ0n) is 19.1. The van der Waals surface area contributed by atoms with Crippen LogP contribution < -0.4 is 15.5 Å². The topological polar surface area (TPSA) is 93.9 Å². The molecule has 1 atom stereocenters. The van der Waals surface area contributed by atoms with E-state index in [0.717, 1.165) is 48.6 Å². The molecule has 34 heavy (non-hydrogen) atoms. The normalized spacial score (nSPS) is 15.1. The average molecular weight is 459 g/mol. The number of nitrogens with zero attached hydrogens (tertiary/aromatic N) is 4. The molecule has 0 radical (unpaired) electrons. The number of aromatic nitrogens is 2. The molecule has 1 amide bonds. The largest absolute Gasteiger partial charge is 0.354 e. The van der Waals surface area contributed by atoms with Crippen molar-refractivity contribution in [3.63, 3.8) is 0 Å². The fourth-order valence-electron chi connectivity index (χ4n) is 4.03. The van der Waals surface area contributed by atoms with Crippen molar-refractivity contribution in [2.24, 2.45) is 0 Å². The number of carbonyl (C=O) groups excluding carboxylic acids is 1. The Hall–Kier alpha value is -3.99. The molecule has 2 aromatic carbocycles. The van der Waals surface area contributed by atoms with Gasteiger partial charge in [0.2, 0.25) is 11.9 Å². The molecule has 0 bridgehead atoms. The zero-order valence-corrected chi connectivity index (χ0v) is 19.1. The lowest BCUT2D eigenvalue weighted by Gasteiger charge is -2.20. The summed E-state index contributed by atoms with van der Waals surface area (Å²) in [5.74, 6) is 0.912. The van der Waals surface area contributed by atoms with Gasteiger partial charge in [-0.1, -0.05) is 31.5 Å². The molecule has 7 nitrogen and oxygen atoms in total. The molecule has 1 aromatic heterocycles. The van der Waals surface area contributed by atoms with Gasteiger partial charge in [-0.3, -0.25) is 4.79 Å². The highest BCUT2D eigenvalue weighted by molar-refractivity contribution is 5.79. The van der Waals surface area contributed by atoms with Gasteiger partial charge in [0.15, 0.2) is 0 Å². The third kappa shape index (κ3) is 6.07. The molecule has 1 aliphatic rings. The molecule has 0 spiro atoms. The fraction of sp³-hybridized carbons (Fsp3) is 0.308. The van der Waals surface area contributed by atoms with Crippen molar-refractivity contribution in [1.82, 2.24) is 15.3 Å². The first-order valence-corrected chi connectivity index (χ1v) is 11.5. The standard InChI is InChI=1S/C26H27FN6O/c1-2-4-21-15-24(32-26(30-21)31-22-6-3-5-19(13-22)16-28)33-12-11-23(17-33)29-25(34)14-18-7-9-20(27)10-8-18/h3,5-10,13,15,23H,2,4,11-12,14,17H2,1H3,(H,29,34)(H,30,31,32). The Kier molecular flexibility index (Phi) is 7.33. The molecule has 3 aromatic rings. The Labute approximate surface area is 198 Å². The van der Waals surface area contributed by atoms with E-state index in [9.17, 15) is 9.18 Å². The van der Waals surface area contributed by atoms with E-state index in [1.807, 2.05) is 18.2 Å². The minimum Gasteiger partial charge on any atom is -0.354 e. The molecule has 0 saturated carbocycles. The van der Waals surface area contributed by atoms with E-state index >= 15 is 0 Å². The molecule has 1 unspecified atom stereocenters. The Morgan fingerprint density at radius 3 is 2.79 bits per heavy atom. The lowest BCUT2D eigenvalue weighted by atomic mass is 10.1. The van der Waals surface area contributed by atoms with Gasteiger partial charge < -0.3 is 15.5 Å². The maximum Gasteiger partial charge on any atom is 0.229 e. The predicted molar refractivity (Wildman–Crippen MR) is 129 cm³/mol. The number of carbonyl (C=O) groups is 1. The molecular formula is C26H27FN6O. The summed E-state index contributed by atoms with van der Waals surface area (Å²) < 4.78 is 13.1. The summed E-state index contributed by atoms with van der Waals surface area (Å²) in [6.45, 7) is 3.53. The van der Waals surface area contributed by atoms with Crippen molar-refractivity contribution in [2.45, 2.75) is 38.6 Å². The number of aryl methyl sites for hydroxylation is 1. The van der Waals surface area contributed by atoms with E-state index < -0.39 is 0 Å². The first-order valence-electron chi connectivity index (χ1n) is 11.5. The van der Waals surface area contributed by atoms with Crippen LogP contribution in [-0.4, -0.2) is 35.0 Å². The van der Waals surface area contributed by atoms with Crippen LogP contribution >= 0.6 is 0 Å². The summed E-state index contributed by atoms with van der Waals surface area (Å²) in [7, 11) is 0. The van der Waals surface area contributed by atoms with Gasteiger partial charge >= 0.3 is 0 Å². The summed E-state index contributed by atoms with van der Waals surface area (Å²) in [6.07, 6.45) is 2.83. The van der Waals surface area contributed by atoms with E-state index in [0.29, 0.717) is 18.1 Å². The first kappa shape index (κ1) is 23.2. The molecule has 4 rings (SSSR count). The summed E-state index contributed by atoms with van der Waals surface area (Å²) in [4.78, 5) is 24.0. The van der Waals surface area contributed by atoms with Crippen molar-refractivity contribution in [3.8, 4) is 6.07 Å². The van der Waals surface area contributed by atoms with Crippen LogP contribution in [0.4, 0.5) is 21.8 Å². The SMILES string of the molecule is CCCc1cc(N2CCC(NC(=O)Cc3ccc(F)cc3)C2)nc(Nc2cccc(C#N)c2)n1. The average Bonchev–Trinajstić information content (AvgIpc) is 3.29. The van der Waals surface area contributed by atoms with Crippen LogP contribution in [0.1, 0.15) is 36.6 Å². The number of halogens is 1. The summed E-state index contributed by atoms with van der Waals surface area (Å²) >= 11 is 0. The number of amides is 1. The van der Waals surface area contributed by atoms with Gasteiger partial charge in [-0.05, 0) is 48.7 Å². The van der Waals surface area contributed by atoms with Gasteiger partial charge in [-0.2, -0.15) is 10.2 Å². The molecule has 1 fully saturated rings. The number of benzene rings is 2. The van der Waals surface area contributed by atoms with Gasteiger partial charge in [0.05, 0.1) is 18.1 Å². The first-order chi connectivity index (χ1) is 16.5. The number of nitriles is 1.